The van der Waals surface area contributed by atoms with E-state index < -0.39 is 11.7 Å². The lowest BCUT2D eigenvalue weighted by Crippen LogP contribution is -2.37. The van der Waals surface area contributed by atoms with Crippen LogP contribution in [0.1, 0.15) is 29.1 Å². The summed E-state index contributed by atoms with van der Waals surface area (Å²) in [5, 5.41) is 0.868. The van der Waals surface area contributed by atoms with Crippen LogP contribution < -0.4 is 0 Å². The molecule has 8 heteroatoms. The molecule has 0 N–H and O–H groups in total. The molecule has 0 saturated carbocycles. The smallest absolute Gasteiger partial charge is 0.335 e. The number of hydrogen-bond donors (Lipinski definition) is 0. The first kappa shape index (κ1) is 21.3. The Hall–Kier alpha value is -2.45. The number of halogens is 3. The predicted molar refractivity (Wildman–Crippen MR) is 109 cm³/mol. The highest BCUT2D eigenvalue weighted by Gasteiger charge is 2.30. The van der Waals surface area contributed by atoms with Gasteiger partial charge in [-0.15, -0.1) is 11.3 Å². The van der Waals surface area contributed by atoms with E-state index in [2.05, 4.69) is 4.98 Å². The molecular weight excluding hydrogens is 399 g/mol. The van der Waals surface area contributed by atoms with Crippen molar-refractivity contribution in [2.75, 3.05) is 20.6 Å². The average molecular weight is 421 g/mol. The van der Waals surface area contributed by atoms with Gasteiger partial charge in [0.2, 0.25) is 5.91 Å². The maximum Gasteiger partial charge on any atom is 0.416 e. The van der Waals surface area contributed by atoms with E-state index in [1.807, 2.05) is 31.2 Å². The molecule has 29 heavy (non-hydrogen) atoms. The zero-order valence-electron chi connectivity index (χ0n) is 16.4. The molecule has 1 atom stereocenters. The summed E-state index contributed by atoms with van der Waals surface area (Å²) in [5.41, 5.74) is 0.958. The van der Waals surface area contributed by atoms with Crippen molar-refractivity contribution in [2.45, 2.75) is 25.7 Å². The lowest BCUT2D eigenvalue weighted by Gasteiger charge is -2.26. The van der Waals surface area contributed by atoms with E-state index >= 15 is 0 Å². The molecule has 1 heterocycles. The maximum atomic E-state index is 12.7. The second-order valence-corrected chi connectivity index (χ2v) is 8.13. The zero-order chi connectivity index (χ0) is 21.2. The van der Waals surface area contributed by atoms with E-state index in [9.17, 15) is 18.0 Å². The highest BCUT2D eigenvalue weighted by atomic mass is 32.1. The predicted octanol–water partition coefficient (Wildman–Crippen LogP) is 4.97. The summed E-state index contributed by atoms with van der Waals surface area (Å²) in [5.74, 6) is -0.0776. The Labute approximate surface area is 171 Å². The largest absolute Gasteiger partial charge is 0.416 e. The minimum absolute atomic E-state index is 0.0776. The van der Waals surface area contributed by atoms with Gasteiger partial charge in [0, 0.05) is 13.6 Å². The Morgan fingerprint density at radius 2 is 1.76 bits per heavy atom. The molecule has 1 aromatic heterocycles. The molecule has 4 nitrogen and oxygen atoms in total. The molecule has 0 spiro atoms. The van der Waals surface area contributed by atoms with Gasteiger partial charge in [-0.05, 0) is 43.8 Å². The molecule has 3 rings (SSSR count). The lowest BCUT2D eigenvalue weighted by molar-refractivity contribution is -0.137. The van der Waals surface area contributed by atoms with Crippen molar-refractivity contribution in [3.05, 3.63) is 64.7 Å². The summed E-state index contributed by atoms with van der Waals surface area (Å²) in [6.07, 6.45) is -4.35. The molecular formula is C21H22F3N3OS. The lowest BCUT2D eigenvalue weighted by atomic mass is 10.1. The molecule has 0 radical (unpaired) electrons. The molecule has 0 fully saturated rings. The fourth-order valence-corrected chi connectivity index (χ4v) is 4.02. The Kier molecular flexibility index (Phi) is 6.24. The molecule has 0 aliphatic carbocycles. The summed E-state index contributed by atoms with van der Waals surface area (Å²) < 4.78 is 39.1. The minimum Gasteiger partial charge on any atom is -0.335 e. The normalized spacial score (nSPS) is 13.1. The fraction of sp³-hybridized carbons (Fsp3) is 0.333. The van der Waals surface area contributed by atoms with E-state index in [0.29, 0.717) is 6.54 Å². The van der Waals surface area contributed by atoms with Crippen LogP contribution in [-0.2, 0) is 17.5 Å². The number of fused-ring (bicyclic) bond motifs is 1. The van der Waals surface area contributed by atoms with E-state index in [4.69, 9.17) is 0 Å². The van der Waals surface area contributed by atoms with E-state index in [1.54, 1.807) is 35.2 Å². The number of carbonyl (C=O) groups excluding carboxylic acids is 1. The molecule has 0 bridgehead atoms. The van der Waals surface area contributed by atoms with Crippen LogP contribution in [0.5, 0.6) is 0 Å². The Bertz CT molecular complexity index is 952. The Balaban J connectivity index is 1.59. The highest BCUT2D eigenvalue weighted by Crippen LogP contribution is 2.30. The standard InChI is InChI=1S/C21H22F3N3OS/c1-14(20-25-17-6-4-5-7-18(17)29-20)27(3)19(28)13-26(2)12-15-8-10-16(11-9-15)21(22,23)24/h4-11,14H,12-13H2,1-3H3/t14-/m0/s1. The Morgan fingerprint density at radius 1 is 1.10 bits per heavy atom. The number of rotatable bonds is 6. The van der Waals surface area contributed by atoms with Crippen LogP contribution in [0.3, 0.4) is 0 Å². The third-order valence-electron chi connectivity index (χ3n) is 4.78. The van der Waals surface area contributed by atoms with Gasteiger partial charge < -0.3 is 4.90 Å². The number of alkyl halides is 3. The number of amides is 1. The molecule has 2 aromatic carbocycles. The van der Waals surface area contributed by atoms with Gasteiger partial charge in [-0.2, -0.15) is 13.2 Å². The number of para-hydroxylation sites is 1. The van der Waals surface area contributed by atoms with Crippen LogP contribution in [-0.4, -0.2) is 41.3 Å². The van der Waals surface area contributed by atoms with Gasteiger partial charge in [0.05, 0.1) is 28.4 Å². The molecule has 154 valence electrons. The number of thiazole rings is 1. The van der Waals surface area contributed by atoms with Gasteiger partial charge >= 0.3 is 6.18 Å². The van der Waals surface area contributed by atoms with E-state index in [0.717, 1.165) is 32.9 Å². The minimum atomic E-state index is -4.35. The SMILES string of the molecule is C[C@@H](c1nc2ccccc2s1)N(C)C(=O)CN(C)Cc1ccc(C(F)(F)F)cc1. The summed E-state index contributed by atoms with van der Waals surface area (Å²) in [7, 11) is 3.51. The van der Waals surface area contributed by atoms with Crippen LogP contribution in [0, 0.1) is 0 Å². The summed E-state index contributed by atoms with van der Waals surface area (Å²) in [4.78, 5) is 20.7. The zero-order valence-corrected chi connectivity index (χ0v) is 17.2. The van der Waals surface area contributed by atoms with Crippen molar-refractivity contribution in [3.8, 4) is 0 Å². The first-order valence-electron chi connectivity index (χ1n) is 9.11. The first-order chi connectivity index (χ1) is 13.6. The number of nitrogens with zero attached hydrogens (tertiary/aromatic N) is 3. The third kappa shape index (κ3) is 5.13. The number of aromatic nitrogens is 1. The van der Waals surface area contributed by atoms with Gasteiger partial charge in [0.25, 0.3) is 0 Å². The second kappa shape index (κ2) is 8.51. The number of carbonyl (C=O) groups is 1. The van der Waals surface area contributed by atoms with Gasteiger partial charge in [-0.25, -0.2) is 4.98 Å². The third-order valence-corrected chi connectivity index (χ3v) is 5.99. The van der Waals surface area contributed by atoms with Gasteiger partial charge in [0.15, 0.2) is 0 Å². The molecule has 1 amide bonds. The van der Waals surface area contributed by atoms with Crippen molar-refractivity contribution < 1.29 is 18.0 Å². The number of benzene rings is 2. The molecule has 3 aromatic rings. The van der Waals surface area contributed by atoms with Gasteiger partial charge in [-0.3, -0.25) is 9.69 Å². The summed E-state index contributed by atoms with van der Waals surface area (Å²) in [6, 6.07) is 12.7. The molecule has 0 unspecified atom stereocenters. The summed E-state index contributed by atoms with van der Waals surface area (Å²) >= 11 is 1.57. The van der Waals surface area contributed by atoms with Gasteiger partial charge in [0.1, 0.15) is 5.01 Å². The van der Waals surface area contributed by atoms with Crippen molar-refractivity contribution in [2.24, 2.45) is 0 Å². The Morgan fingerprint density at radius 3 is 2.38 bits per heavy atom. The van der Waals surface area contributed by atoms with Crippen molar-refractivity contribution in [3.63, 3.8) is 0 Å². The fourth-order valence-electron chi connectivity index (χ4n) is 2.96. The summed E-state index contributed by atoms with van der Waals surface area (Å²) in [6.45, 7) is 2.48. The van der Waals surface area contributed by atoms with E-state index in [1.165, 1.54) is 12.1 Å². The second-order valence-electron chi connectivity index (χ2n) is 7.07. The van der Waals surface area contributed by atoms with E-state index in [-0.39, 0.29) is 18.5 Å². The molecule has 0 aliphatic heterocycles. The van der Waals surface area contributed by atoms with Crippen molar-refractivity contribution in [1.29, 1.82) is 0 Å². The average Bonchev–Trinajstić information content (AvgIpc) is 3.10. The quantitative estimate of drug-likeness (QED) is 0.564. The van der Waals surface area contributed by atoms with Crippen molar-refractivity contribution in [1.82, 2.24) is 14.8 Å². The molecule has 0 aliphatic rings. The monoisotopic (exact) mass is 421 g/mol. The molecule has 0 saturated heterocycles. The van der Waals surface area contributed by atoms with Crippen molar-refractivity contribution >= 4 is 27.5 Å². The topological polar surface area (TPSA) is 36.4 Å². The van der Waals surface area contributed by atoms with Crippen LogP contribution in [0.25, 0.3) is 10.2 Å². The van der Waals surface area contributed by atoms with Crippen LogP contribution >= 0.6 is 11.3 Å². The number of hydrogen-bond acceptors (Lipinski definition) is 4. The maximum absolute atomic E-state index is 12.7. The van der Waals surface area contributed by atoms with Crippen LogP contribution in [0.4, 0.5) is 13.2 Å². The number of likely N-dealkylation sites (N-methyl/N-ethyl adjacent to an activating group) is 2. The van der Waals surface area contributed by atoms with Crippen LogP contribution in [0.15, 0.2) is 48.5 Å². The van der Waals surface area contributed by atoms with Crippen LogP contribution in [0.2, 0.25) is 0 Å². The first-order valence-corrected chi connectivity index (χ1v) is 9.92. The highest BCUT2D eigenvalue weighted by molar-refractivity contribution is 7.18. The van der Waals surface area contributed by atoms with Gasteiger partial charge in [-0.1, -0.05) is 24.3 Å².